The molecule has 2 aliphatic rings. The molecule has 1 aromatic rings. The van der Waals surface area contributed by atoms with Gasteiger partial charge in [0.05, 0.1) is 26.4 Å². The van der Waals surface area contributed by atoms with Gasteiger partial charge in [-0.3, -0.25) is 0 Å². The summed E-state index contributed by atoms with van der Waals surface area (Å²) in [6.45, 7) is 10.6. The van der Waals surface area contributed by atoms with Gasteiger partial charge in [-0.15, -0.1) is 0 Å². The van der Waals surface area contributed by atoms with Crippen LogP contribution in [0.15, 0.2) is 18.2 Å². The molecule has 116 valence electrons. The van der Waals surface area contributed by atoms with Gasteiger partial charge in [-0.1, -0.05) is 32.0 Å². The second-order valence-corrected chi connectivity index (χ2v) is 7.31. The largest absolute Gasteiger partial charge is 0.380 e. The van der Waals surface area contributed by atoms with Crippen LogP contribution >= 0.6 is 0 Å². The second-order valence-electron chi connectivity index (χ2n) is 7.31. The first-order valence-electron chi connectivity index (χ1n) is 8.34. The fourth-order valence-electron chi connectivity index (χ4n) is 3.55. The monoisotopic (exact) mass is 288 g/mol. The number of rotatable bonds is 6. The molecule has 1 aromatic carbocycles. The molecule has 2 saturated heterocycles. The van der Waals surface area contributed by atoms with E-state index in [1.807, 2.05) is 0 Å². The molecule has 0 spiro atoms. The first kappa shape index (κ1) is 15.1. The zero-order valence-corrected chi connectivity index (χ0v) is 13.7. The molecule has 21 heavy (non-hydrogen) atoms. The highest BCUT2D eigenvalue weighted by Crippen LogP contribution is 2.37. The van der Waals surface area contributed by atoms with Gasteiger partial charge in [0.1, 0.15) is 0 Å². The summed E-state index contributed by atoms with van der Waals surface area (Å²) in [5.74, 6) is 0. The Balaban J connectivity index is 1.71. The molecule has 0 aliphatic carbocycles. The van der Waals surface area contributed by atoms with Crippen LogP contribution in [0.2, 0.25) is 0 Å². The minimum atomic E-state index is 0.402. The molecule has 2 aliphatic heterocycles. The Labute approximate surface area is 128 Å². The Morgan fingerprint density at radius 2 is 1.48 bits per heavy atom. The number of aryl methyl sites for hydroxylation is 1. The van der Waals surface area contributed by atoms with E-state index in [1.165, 1.54) is 29.5 Å². The Morgan fingerprint density at radius 1 is 0.905 bits per heavy atom. The van der Waals surface area contributed by atoms with E-state index in [9.17, 15) is 0 Å². The van der Waals surface area contributed by atoms with Crippen LogP contribution in [-0.2, 0) is 22.3 Å². The molecule has 0 radical (unpaired) electrons. The van der Waals surface area contributed by atoms with Crippen molar-refractivity contribution in [1.29, 1.82) is 0 Å². The predicted molar refractivity (Wildman–Crippen MR) is 85.7 cm³/mol. The Morgan fingerprint density at radius 3 is 1.90 bits per heavy atom. The number of ether oxygens (including phenoxy) is 2. The van der Waals surface area contributed by atoms with Gasteiger partial charge in [-0.05, 0) is 49.3 Å². The molecule has 2 heterocycles. The maximum atomic E-state index is 5.45. The lowest BCUT2D eigenvalue weighted by Gasteiger charge is -2.42. The summed E-state index contributed by atoms with van der Waals surface area (Å²) in [4.78, 5) is 0. The maximum absolute atomic E-state index is 5.45. The van der Waals surface area contributed by atoms with Crippen LogP contribution in [0.4, 0.5) is 0 Å². The molecule has 2 nitrogen and oxygen atoms in total. The second kappa shape index (κ2) is 5.73. The van der Waals surface area contributed by atoms with Crippen molar-refractivity contribution in [2.45, 2.75) is 46.5 Å². The minimum Gasteiger partial charge on any atom is -0.380 e. The van der Waals surface area contributed by atoms with E-state index in [1.54, 1.807) is 0 Å². The van der Waals surface area contributed by atoms with Crippen molar-refractivity contribution in [1.82, 2.24) is 0 Å². The summed E-state index contributed by atoms with van der Waals surface area (Å²) in [5, 5.41) is 0. The zero-order chi connectivity index (χ0) is 14.9. The molecule has 0 N–H and O–H groups in total. The van der Waals surface area contributed by atoms with Crippen molar-refractivity contribution < 1.29 is 9.47 Å². The van der Waals surface area contributed by atoms with E-state index < -0.39 is 0 Å². The van der Waals surface area contributed by atoms with Gasteiger partial charge in [0, 0.05) is 10.8 Å². The van der Waals surface area contributed by atoms with Gasteiger partial charge in [0.2, 0.25) is 0 Å². The first-order chi connectivity index (χ1) is 10.1. The first-order valence-corrected chi connectivity index (χ1v) is 8.34. The highest BCUT2D eigenvalue weighted by Gasteiger charge is 2.38. The fourth-order valence-corrected chi connectivity index (χ4v) is 3.55. The predicted octanol–water partition coefficient (Wildman–Crippen LogP) is 3.93. The summed E-state index contributed by atoms with van der Waals surface area (Å²) in [6.07, 6.45) is 4.75. The van der Waals surface area contributed by atoms with Gasteiger partial charge in [-0.2, -0.15) is 0 Å². The average molecular weight is 288 g/mol. The minimum absolute atomic E-state index is 0.402. The lowest BCUT2D eigenvalue weighted by molar-refractivity contribution is -0.114. The Hall–Kier alpha value is -0.860. The van der Waals surface area contributed by atoms with Crippen LogP contribution in [0.5, 0.6) is 0 Å². The smallest absolute Gasteiger partial charge is 0.0547 e. The molecule has 0 bridgehead atoms. The van der Waals surface area contributed by atoms with Crippen LogP contribution in [0.1, 0.15) is 43.4 Å². The third-order valence-corrected chi connectivity index (χ3v) is 5.68. The summed E-state index contributed by atoms with van der Waals surface area (Å²) in [5.41, 5.74) is 5.22. The Kier molecular flexibility index (Phi) is 4.11. The number of hydrogen-bond acceptors (Lipinski definition) is 2. The van der Waals surface area contributed by atoms with Crippen molar-refractivity contribution in [3.8, 4) is 0 Å². The summed E-state index contributed by atoms with van der Waals surface area (Å²) in [6, 6.07) is 7.08. The fraction of sp³-hybridized carbons (Fsp3) is 0.684. The van der Waals surface area contributed by atoms with Gasteiger partial charge in [0.25, 0.3) is 0 Å². The molecule has 2 fully saturated rings. The number of hydrogen-bond donors (Lipinski definition) is 0. The lowest BCUT2D eigenvalue weighted by Crippen LogP contribution is -2.44. The van der Waals surface area contributed by atoms with Crippen LogP contribution in [0.25, 0.3) is 0 Å². The molecule has 2 heteroatoms. The highest BCUT2D eigenvalue weighted by molar-refractivity contribution is 5.33. The zero-order valence-electron chi connectivity index (χ0n) is 13.7. The van der Waals surface area contributed by atoms with Crippen molar-refractivity contribution in [3.05, 3.63) is 34.9 Å². The maximum Gasteiger partial charge on any atom is 0.0547 e. The van der Waals surface area contributed by atoms with Crippen LogP contribution in [0, 0.1) is 17.8 Å². The van der Waals surface area contributed by atoms with Gasteiger partial charge < -0.3 is 9.47 Å². The van der Waals surface area contributed by atoms with E-state index in [0.29, 0.717) is 10.8 Å². The lowest BCUT2D eigenvalue weighted by atomic mass is 9.75. The molecule has 3 rings (SSSR count). The van der Waals surface area contributed by atoms with E-state index in [-0.39, 0.29) is 0 Å². The van der Waals surface area contributed by atoms with Crippen LogP contribution in [-0.4, -0.2) is 26.4 Å². The van der Waals surface area contributed by atoms with Crippen molar-refractivity contribution in [2.75, 3.05) is 26.4 Å². The standard InChI is InChI=1S/C19H28O2/c1-4-18(11-20-12-18)9-16-6-7-17(15(3)8-16)10-19(5-2)13-21-14-19/h6-8H,4-5,9-14H2,1-3H3. The van der Waals surface area contributed by atoms with Gasteiger partial charge in [0.15, 0.2) is 0 Å². The number of benzene rings is 1. The Bertz CT molecular complexity index is 487. The molecule has 0 saturated carbocycles. The van der Waals surface area contributed by atoms with E-state index >= 15 is 0 Å². The highest BCUT2D eigenvalue weighted by atomic mass is 16.5. The van der Waals surface area contributed by atoms with Crippen molar-refractivity contribution >= 4 is 0 Å². The normalized spacial score (nSPS) is 22.4. The third-order valence-electron chi connectivity index (χ3n) is 5.68. The quantitative estimate of drug-likeness (QED) is 0.789. The van der Waals surface area contributed by atoms with Gasteiger partial charge >= 0.3 is 0 Å². The SMILES string of the molecule is CCC1(Cc2ccc(CC3(CC)COC3)c(C)c2)COC1. The molecule has 0 unspecified atom stereocenters. The van der Waals surface area contributed by atoms with E-state index in [2.05, 4.69) is 39.0 Å². The average Bonchev–Trinajstić information content (AvgIpc) is 2.40. The summed E-state index contributed by atoms with van der Waals surface area (Å²) in [7, 11) is 0. The van der Waals surface area contributed by atoms with E-state index in [0.717, 1.165) is 39.3 Å². The summed E-state index contributed by atoms with van der Waals surface area (Å²) < 4.78 is 10.9. The topological polar surface area (TPSA) is 18.5 Å². The molecule has 0 aromatic heterocycles. The molecular formula is C19H28O2. The van der Waals surface area contributed by atoms with Gasteiger partial charge in [-0.25, -0.2) is 0 Å². The van der Waals surface area contributed by atoms with E-state index in [4.69, 9.17) is 9.47 Å². The molecular weight excluding hydrogens is 260 g/mol. The summed E-state index contributed by atoms with van der Waals surface area (Å²) >= 11 is 0. The van der Waals surface area contributed by atoms with Crippen molar-refractivity contribution in [3.63, 3.8) is 0 Å². The van der Waals surface area contributed by atoms with Crippen LogP contribution in [0.3, 0.4) is 0 Å². The molecule has 0 atom stereocenters. The van der Waals surface area contributed by atoms with Crippen molar-refractivity contribution in [2.24, 2.45) is 10.8 Å². The van der Waals surface area contributed by atoms with Crippen LogP contribution < -0.4 is 0 Å². The third kappa shape index (κ3) is 2.89. The molecule has 0 amide bonds.